The van der Waals surface area contributed by atoms with Crippen molar-refractivity contribution in [3.8, 4) is 6.07 Å². The van der Waals surface area contributed by atoms with E-state index in [1.807, 2.05) is 0 Å². The normalized spacial score (nSPS) is 11.9. The highest BCUT2D eigenvalue weighted by atomic mass is 35.5. The minimum Gasteiger partial charge on any atom is -0.444 e. The predicted molar refractivity (Wildman–Crippen MR) is 103 cm³/mol. The summed E-state index contributed by atoms with van der Waals surface area (Å²) in [6, 6.07) is 14.0. The molecule has 0 aromatic heterocycles. The zero-order valence-electron chi connectivity index (χ0n) is 14.5. The summed E-state index contributed by atoms with van der Waals surface area (Å²) in [6.07, 6.45) is 0.472. The van der Waals surface area contributed by atoms with Crippen molar-refractivity contribution in [1.82, 2.24) is 0 Å². The molecule has 0 heterocycles. The highest BCUT2D eigenvalue weighted by Gasteiger charge is 2.26. The number of esters is 1. The lowest BCUT2D eigenvalue weighted by atomic mass is 10.2. The number of ether oxygens (including phenoxy) is 1. The Morgan fingerprint density at radius 2 is 2.00 bits per heavy atom. The van der Waals surface area contributed by atoms with Crippen molar-refractivity contribution in [3.63, 3.8) is 0 Å². The molecule has 0 unspecified atom stereocenters. The second-order valence-electron chi connectivity index (χ2n) is 5.48. The van der Waals surface area contributed by atoms with E-state index in [0.29, 0.717) is 5.69 Å². The van der Waals surface area contributed by atoms with Crippen LogP contribution in [-0.4, -0.2) is 27.0 Å². The molecule has 140 valence electrons. The highest BCUT2D eigenvalue weighted by molar-refractivity contribution is 7.92. The van der Waals surface area contributed by atoms with Gasteiger partial charge >= 0.3 is 5.97 Å². The number of rotatable bonds is 7. The van der Waals surface area contributed by atoms with E-state index in [0.717, 1.165) is 10.4 Å². The van der Waals surface area contributed by atoms with Crippen LogP contribution < -0.4 is 4.31 Å². The molecule has 0 bridgehead atoms. The number of hydrogen-bond acceptors (Lipinski definition) is 5. The Hall–Kier alpha value is -2.82. The fourth-order valence-corrected chi connectivity index (χ4v) is 3.91. The fraction of sp³-hybridized carbons (Fsp3) is 0.158. The van der Waals surface area contributed by atoms with Crippen molar-refractivity contribution < 1.29 is 17.9 Å². The van der Waals surface area contributed by atoms with Gasteiger partial charge in [-0.3, -0.25) is 4.31 Å². The van der Waals surface area contributed by atoms with Gasteiger partial charge in [0.15, 0.2) is 6.10 Å². The maximum Gasteiger partial charge on any atom is 0.340 e. The van der Waals surface area contributed by atoms with Gasteiger partial charge in [0.05, 0.1) is 27.7 Å². The van der Waals surface area contributed by atoms with Crippen molar-refractivity contribution in [2.45, 2.75) is 17.9 Å². The number of halogens is 1. The van der Waals surface area contributed by atoms with Gasteiger partial charge in [-0.15, -0.1) is 6.58 Å². The van der Waals surface area contributed by atoms with Crippen LogP contribution in [0.25, 0.3) is 0 Å². The van der Waals surface area contributed by atoms with Crippen LogP contribution in [-0.2, 0) is 14.8 Å². The number of anilines is 1. The minimum atomic E-state index is -3.99. The van der Waals surface area contributed by atoms with E-state index in [9.17, 15) is 13.2 Å². The zero-order valence-corrected chi connectivity index (χ0v) is 16.1. The molecule has 2 aromatic carbocycles. The van der Waals surface area contributed by atoms with Gasteiger partial charge in [0.25, 0.3) is 10.0 Å². The van der Waals surface area contributed by atoms with E-state index in [-0.39, 0.29) is 22.0 Å². The third-order valence-electron chi connectivity index (χ3n) is 3.55. The molecule has 0 fully saturated rings. The van der Waals surface area contributed by atoms with E-state index in [1.54, 1.807) is 36.4 Å². The van der Waals surface area contributed by atoms with Gasteiger partial charge in [-0.25, -0.2) is 13.2 Å². The van der Waals surface area contributed by atoms with Crippen LogP contribution in [0, 0.1) is 11.3 Å². The molecule has 1 atom stereocenters. The molecule has 0 aliphatic rings. The second kappa shape index (κ2) is 8.71. The number of hydrogen-bond donors (Lipinski definition) is 0. The number of nitriles is 1. The Morgan fingerprint density at radius 3 is 2.59 bits per heavy atom. The zero-order chi connectivity index (χ0) is 20.0. The van der Waals surface area contributed by atoms with Crippen molar-refractivity contribution in [2.24, 2.45) is 0 Å². The fourth-order valence-electron chi connectivity index (χ4n) is 2.25. The number of benzene rings is 2. The summed E-state index contributed by atoms with van der Waals surface area (Å²) >= 11 is 6.02. The van der Waals surface area contributed by atoms with Gasteiger partial charge in [-0.2, -0.15) is 5.26 Å². The summed E-state index contributed by atoms with van der Waals surface area (Å²) in [6.45, 7) is 5.04. The first kappa shape index (κ1) is 20.5. The van der Waals surface area contributed by atoms with Gasteiger partial charge < -0.3 is 4.74 Å². The second-order valence-corrected chi connectivity index (χ2v) is 7.75. The number of carbonyl (C=O) groups excluding carboxylic acids is 1. The maximum atomic E-state index is 13.1. The van der Waals surface area contributed by atoms with Crippen LogP contribution in [0.4, 0.5) is 5.69 Å². The molecule has 0 spiro atoms. The molecule has 0 N–H and O–H groups in total. The number of carbonyl (C=O) groups is 1. The van der Waals surface area contributed by atoms with Crippen LogP contribution in [0.5, 0.6) is 0 Å². The number of sulfonamides is 1. The summed E-state index contributed by atoms with van der Waals surface area (Å²) in [5.74, 6) is -0.874. The Morgan fingerprint density at radius 1 is 1.33 bits per heavy atom. The van der Waals surface area contributed by atoms with Gasteiger partial charge in [0.2, 0.25) is 0 Å². The van der Waals surface area contributed by atoms with Gasteiger partial charge in [0, 0.05) is 0 Å². The summed E-state index contributed by atoms with van der Waals surface area (Å²) in [7, 11) is -3.99. The minimum absolute atomic E-state index is 0.0269. The molecule has 8 heteroatoms. The van der Waals surface area contributed by atoms with Crippen molar-refractivity contribution in [1.29, 1.82) is 5.26 Å². The van der Waals surface area contributed by atoms with E-state index >= 15 is 0 Å². The SMILES string of the molecule is C=CCN(c1ccccc1)S(=O)(=O)c1ccc(Cl)c(C(=O)O[C@@H](C)C#N)c1. The molecule has 0 radical (unpaired) electrons. The van der Waals surface area contributed by atoms with Crippen molar-refractivity contribution in [2.75, 3.05) is 10.8 Å². The molecule has 0 aliphatic heterocycles. The Bertz CT molecular complexity index is 985. The van der Waals surface area contributed by atoms with Crippen molar-refractivity contribution in [3.05, 3.63) is 71.8 Å². The van der Waals surface area contributed by atoms with Gasteiger partial charge in [-0.05, 0) is 37.3 Å². The Kier molecular flexibility index (Phi) is 6.61. The molecule has 0 saturated carbocycles. The van der Waals surface area contributed by atoms with E-state index in [4.69, 9.17) is 21.6 Å². The van der Waals surface area contributed by atoms with Crippen LogP contribution in [0.15, 0.2) is 66.1 Å². The summed E-state index contributed by atoms with van der Waals surface area (Å²) in [4.78, 5) is 12.1. The molecule has 0 saturated heterocycles. The van der Waals surface area contributed by atoms with Crippen LogP contribution in [0.1, 0.15) is 17.3 Å². The first-order chi connectivity index (χ1) is 12.8. The maximum absolute atomic E-state index is 13.1. The lowest BCUT2D eigenvalue weighted by Crippen LogP contribution is -2.31. The third-order valence-corrected chi connectivity index (χ3v) is 5.67. The molecule has 0 aliphatic carbocycles. The molecular formula is C19H17ClN2O4S. The summed E-state index contributed by atoms with van der Waals surface area (Å²) in [5, 5.41) is 8.80. The standard InChI is InChI=1S/C19H17ClN2O4S/c1-3-11-22(15-7-5-4-6-8-15)27(24,25)16-9-10-18(20)17(12-16)19(23)26-14(2)13-21/h3-10,12,14H,1,11H2,2H3/t14-/m0/s1. The number of nitrogens with zero attached hydrogens (tertiary/aromatic N) is 2. The lowest BCUT2D eigenvalue weighted by Gasteiger charge is -2.23. The van der Waals surface area contributed by atoms with Gasteiger partial charge in [-0.1, -0.05) is 35.9 Å². The van der Waals surface area contributed by atoms with Crippen LogP contribution in [0.2, 0.25) is 5.02 Å². The largest absolute Gasteiger partial charge is 0.444 e. The first-order valence-corrected chi connectivity index (χ1v) is 9.72. The monoisotopic (exact) mass is 404 g/mol. The molecule has 2 rings (SSSR count). The third kappa shape index (κ3) is 4.67. The quantitative estimate of drug-likeness (QED) is 0.517. The Balaban J connectivity index is 2.49. The Labute approximate surface area is 163 Å². The molecule has 2 aromatic rings. The predicted octanol–water partition coefficient (Wildman–Crippen LogP) is 3.79. The average Bonchev–Trinajstić information content (AvgIpc) is 2.66. The first-order valence-electron chi connectivity index (χ1n) is 7.90. The molecular weight excluding hydrogens is 388 g/mol. The molecule has 27 heavy (non-hydrogen) atoms. The highest BCUT2D eigenvalue weighted by Crippen LogP contribution is 2.27. The summed E-state index contributed by atoms with van der Waals surface area (Å²) in [5.41, 5.74) is 0.320. The molecule has 6 nitrogen and oxygen atoms in total. The van der Waals surface area contributed by atoms with Crippen LogP contribution >= 0.6 is 11.6 Å². The van der Waals surface area contributed by atoms with E-state index < -0.39 is 22.1 Å². The molecule has 0 amide bonds. The van der Waals surface area contributed by atoms with E-state index in [2.05, 4.69) is 6.58 Å². The van der Waals surface area contributed by atoms with Crippen LogP contribution in [0.3, 0.4) is 0 Å². The number of para-hydroxylation sites is 1. The average molecular weight is 405 g/mol. The van der Waals surface area contributed by atoms with Crippen molar-refractivity contribution >= 4 is 33.3 Å². The van der Waals surface area contributed by atoms with E-state index in [1.165, 1.54) is 25.1 Å². The van der Waals surface area contributed by atoms with Gasteiger partial charge in [0.1, 0.15) is 6.07 Å². The smallest absolute Gasteiger partial charge is 0.340 e. The topological polar surface area (TPSA) is 87.5 Å². The summed E-state index contributed by atoms with van der Waals surface area (Å²) < 4.78 is 32.3. The lowest BCUT2D eigenvalue weighted by molar-refractivity contribution is 0.0435.